The highest BCUT2D eigenvalue weighted by atomic mass is 35.5. The Labute approximate surface area is 109 Å². The molecule has 0 unspecified atom stereocenters. The summed E-state index contributed by atoms with van der Waals surface area (Å²) in [5, 5.41) is 4.16. The molecular formula is C11H13ClN4O2. The molecule has 0 spiro atoms. The molecule has 0 aliphatic heterocycles. The van der Waals surface area contributed by atoms with E-state index < -0.39 is 0 Å². The maximum Gasteiger partial charge on any atom is 0.251 e. The quantitative estimate of drug-likeness (QED) is 0.822. The summed E-state index contributed by atoms with van der Waals surface area (Å²) < 4.78 is 6.69. The normalized spacial score (nSPS) is 10.8. The molecule has 2 rings (SSSR count). The molecule has 0 amide bonds. The zero-order valence-electron chi connectivity index (χ0n) is 9.89. The minimum Gasteiger partial charge on any atom is -0.383 e. The number of alkyl halides is 1. The summed E-state index contributed by atoms with van der Waals surface area (Å²) >= 11 is 5.68. The molecule has 0 bridgehead atoms. The lowest BCUT2D eigenvalue weighted by molar-refractivity contribution is 0.183. The summed E-state index contributed by atoms with van der Waals surface area (Å²) in [4.78, 5) is 18.3. The van der Waals surface area contributed by atoms with E-state index >= 15 is 0 Å². The fourth-order valence-electron chi connectivity index (χ4n) is 1.51. The van der Waals surface area contributed by atoms with Gasteiger partial charge >= 0.3 is 0 Å². The van der Waals surface area contributed by atoms with Gasteiger partial charge in [-0.15, -0.1) is 11.6 Å². The van der Waals surface area contributed by atoms with Crippen molar-refractivity contribution in [1.29, 1.82) is 0 Å². The summed E-state index contributed by atoms with van der Waals surface area (Å²) in [6, 6.07) is 1.38. The van der Waals surface area contributed by atoms with Gasteiger partial charge in [-0.1, -0.05) is 0 Å². The van der Waals surface area contributed by atoms with Crippen molar-refractivity contribution in [1.82, 2.24) is 19.7 Å². The zero-order chi connectivity index (χ0) is 13.0. The van der Waals surface area contributed by atoms with Crippen LogP contribution in [0.25, 0.3) is 11.4 Å². The van der Waals surface area contributed by atoms with Crippen molar-refractivity contribution < 1.29 is 4.74 Å². The van der Waals surface area contributed by atoms with Gasteiger partial charge in [0.15, 0.2) is 0 Å². The van der Waals surface area contributed by atoms with E-state index in [-0.39, 0.29) is 11.4 Å². The molecule has 1 N–H and O–H groups in total. The second-order valence-electron chi connectivity index (χ2n) is 3.70. The van der Waals surface area contributed by atoms with Crippen molar-refractivity contribution in [3.05, 3.63) is 34.5 Å². The average Bonchev–Trinajstić information content (AvgIpc) is 2.84. The van der Waals surface area contributed by atoms with Crippen LogP contribution in [0.3, 0.4) is 0 Å². The number of nitrogens with zero attached hydrogens (tertiary/aromatic N) is 3. The average molecular weight is 269 g/mol. The van der Waals surface area contributed by atoms with Gasteiger partial charge in [0.1, 0.15) is 5.82 Å². The van der Waals surface area contributed by atoms with E-state index in [2.05, 4.69) is 15.1 Å². The summed E-state index contributed by atoms with van der Waals surface area (Å²) in [6.45, 7) is 1.22. The van der Waals surface area contributed by atoms with E-state index in [9.17, 15) is 4.79 Å². The molecule has 0 saturated carbocycles. The van der Waals surface area contributed by atoms with E-state index in [0.717, 1.165) is 5.56 Å². The molecule has 2 aromatic rings. The van der Waals surface area contributed by atoms with Crippen molar-refractivity contribution >= 4 is 11.6 Å². The van der Waals surface area contributed by atoms with Crippen molar-refractivity contribution in [3.8, 4) is 11.4 Å². The van der Waals surface area contributed by atoms with Crippen LogP contribution in [0, 0.1) is 0 Å². The Morgan fingerprint density at radius 2 is 2.39 bits per heavy atom. The topological polar surface area (TPSA) is 72.8 Å². The van der Waals surface area contributed by atoms with Gasteiger partial charge in [0.25, 0.3) is 5.56 Å². The van der Waals surface area contributed by atoms with Gasteiger partial charge in [-0.05, 0) is 0 Å². The predicted molar refractivity (Wildman–Crippen MR) is 67.5 cm³/mol. The van der Waals surface area contributed by atoms with Crippen LogP contribution in [0.2, 0.25) is 0 Å². The second-order valence-corrected chi connectivity index (χ2v) is 3.97. The number of aromatic nitrogens is 4. The van der Waals surface area contributed by atoms with Crippen LogP contribution in [0.5, 0.6) is 0 Å². The van der Waals surface area contributed by atoms with Crippen molar-refractivity contribution in [2.24, 2.45) is 0 Å². The molecule has 0 aliphatic rings. The molecule has 7 heteroatoms. The first kappa shape index (κ1) is 12.8. The number of hydrogen-bond acceptors (Lipinski definition) is 4. The van der Waals surface area contributed by atoms with Crippen LogP contribution in [0.1, 0.15) is 5.69 Å². The molecule has 0 atom stereocenters. The molecule has 2 aromatic heterocycles. The van der Waals surface area contributed by atoms with Gasteiger partial charge in [0, 0.05) is 19.4 Å². The SMILES string of the molecule is COCCn1cc(-c2nc(CCl)cc(=O)[nH]2)cn1. The summed E-state index contributed by atoms with van der Waals surface area (Å²) in [7, 11) is 1.63. The Bertz CT molecular complexity index is 578. The Kier molecular flexibility index (Phi) is 4.11. The van der Waals surface area contributed by atoms with Crippen LogP contribution >= 0.6 is 11.6 Å². The Hall–Kier alpha value is -1.66. The van der Waals surface area contributed by atoms with Crippen LogP contribution in [-0.2, 0) is 17.2 Å². The number of halogens is 1. The van der Waals surface area contributed by atoms with Crippen LogP contribution in [0.15, 0.2) is 23.3 Å². The third-order valence-corrected chi connectivity index (χ3v) is 2.64. The second kappa shape index (κ2) is 5.79. The van der Waals surface area contributed by atoms with E-state index in [1.807, 2.05) is 0 Å². The molecule has 6 nitrogen and oxygen atoms in total. The molecule has 2 heterocycles. The minimum atomic E-state index is -0.222. The van der Waals surface area contributed by atoms with Crippen molar-refractivity contribution in [2.45, 2.75) is 12.4 Å². The lowest BCUT2D eigenvalue weighted by Gasteiger charge is -2.00. The maximum atomic E-state index is 11.4. The molecular weight excluding hydrogens is 256 g/mol. The number of H-pyrrole nitrogens is 1. The van der Waals surface area contributed by atoms with Crippen LogP contribution < -0.4 is 5.56 Å². The standard InChI is InChI=1S/C11H13ClN4O2/c1-18-3-2-16-7-8(6-13-16)11-14-9(5-12)4-10(17)15-11/h4,6-7H,2-3,5H2,1H3,(H,14,15,17). The number of rotatable bonds is 5. The molecule has 96 valence electrons. The largest absolute Gasteiger partial charge is 0.383 e. The Balaban J connectivity index is 2.28. The Morgan fingerprint density at radius 1 is 1.56 bits per heavy atom. The third-order valence-electron chi connectivity index (χ3n) is 2.36. The van der Waals surface area contributed by atoms with Gasteiger partial charge < -0.3 is 9.72 Å². The molecule has 0 radical (unpaired) electrons. The molecule has 0 saturated heterocycles. The van der Waals surface area contributed by atoms with Crippen molar-refractivity contribution in [3.63, 3.8) is 0 Å². The first-order chi connectivity index (χ1) is 8.72. The van der Waals surface area contributed by atoms with E-state index in [4.69, 9.17) is 16.3 Å². The van der Waals surface area contributed by atoms with E-state index in [1.165, 1.54) is 6.07 Å². The zero-order valence-corrected chi connectivity index (χ0v) is 10.6. The first-order valence-electron chi connectivity index (χ1n) is 5.41. The van der Waals surface area contributed by atoms with E-state index in [1.54, 1.807) is 24.2 Å². The van der Waals surface area contributed by atoms with Gasteiger partial charge in [-0.2, -0.15) is 5.10 Å². The molecule has 18 heavy (non-hydrogen) atoms. The number of hydrogen-bond donors (Lipinski definition) is 1. The third kappa shape index (κ3) is 2.96. The van der Waals surface area contributed by atoms with E-state index in [0.29, 0.717) is 24.7 Å². The summed E-state index contributed by atoms with van der Waals surface area (Å²) in [5.41, 5.74) is 1.07. The highest BCUT2D eigenvalue weighted by Crippen LogP contribution is 2.12. The van der Waals surface area contributed by atoms with Gasteiger partial charge in [-0.25, -0.2) is 4.98 Å². The highest BCUT2D eigenvalue weighted by molar-refractivity contribution is 6.16. The lowest BCUT2D eigenvalue weighted by atomic mass is 10.3. The van der Waals surface area contributed by atoms with Crippen LogP contribution in [-0.4, -0.2) is 33.5 Å². The fraction of sp³-hybridized carbons (Fsp3) is 0.364. The fourth-order valence-corrected chi connectivity index (χ4v) is 1.64. The summed E-state index contributed by atoms with van der Waals surface area (Å²) in [6.07, 6.45) is 3.45. The van der Waals surface area contributed by atoms with Gasteiger partial charge in [-0.3, -0.25) is 9.48 Å². The number of methoxy groups -OCH3 is 1. The summed E-state index contributed by atoms with van der Waals surface area (Å²) in [5.74, 6) is 0.677. The monoisotopic (exact) mass is 268 g/mol. The first-order valence-corrected chi connectivity index (χ1v) is 5.94. The maximum absolute atomic E-state index is 11.4. The van der Waals surface area contributed by atoms with Crippen LogP contribution in [0.4, 0.5) is 0 Å². The van der Waals surface area contributed by atoms with Gasteiger partial charge in [0.2, 0.25) is 0 Å². The van der Waals surface area contributed by atoms with Gasteiger partial charge in [0.05, 0.1) is 36.5 Å². The smallest absolute Gasteiger partial charge is 0.251 e. The molecule has 0 aromatic carbocycles. The Morgan fingerprint density at radius 3 is 3.11 bits per heavy atom. The number of ether oxygens (including phenoxy) is 1. The minimum absolute atomic E-state index is 0.203. The number of nitrogens with one attached hydrogen (secondary N) is 1. The predicted octanol–water partition coefficient (Wildman–Crippen LogP) is 1.02. The lowest BCUT2D eigenvalue weighted by Crippen LogP contribution is -2.09. The molecule has 0 aliphatic carbocycles. The van der Waals surface area contributed by atoms with Crippen molar-refractivity contribution in [2.75, 3.05) is 13.7 Å². The highest BCUT2D eigenvalue weighted by Gasteiger charge is 2.06. The number of aromatic amines is 1. The molecule has 0 fully saturated rings.